The van der Waals surface area contributed by atoms with Crippen LogP contribution in [0.15, 0.2) is 24.4 Å². The number of aryl methyl sites for hydroxylation is 2. The van der Waals surface area contributed by atoms with Gasteiger partial charge in [-0.05, 0) is 44.0 Å². The van der Waals surface area contributed by atoms with Crippen molar-refractivity contribution in [2.45, 2.75) is 32.9 Å². The fourth-order valence-electron chi connectivity index (χ4n) is 4.02. The highest BCUT2D eigenvalue weighted by molar-refractivity contribution is 7.85. The van der Waals surface area contributed by atoms with Gasteiger partial charge in [0.1, 0.15) is 5.82 Å². The smallest absolute Gasteiger partial charge is 0.266 e. The van der Waals surface area contributed by atoms with Crippen LogP contribution in [0.4, 0.5) is 0 Å². The van der Waals surface area contributed by atoms with Gasteiger partial charge in [-0.1, -0.05) is 11.6 Å². The molecule has 0 fully saturated rings. The minimum Gasteiger partial charge on any atom is -0.339 e. The summed E-state index contributed by atoms with van der Waals surface area (Å²) in [7, 11) is -4.11. The van der Waals surface area contributed by atoms with E-state index in [1.165, 1.54) is 0 Å². The molecule has 25 heavy (non-hydrogen) atoms. The van der Waals surface area contributed by atoms with Crippen LogP contribution in [0.25, 0.3) is 22.3 Å². The molecular formula is C17H18ClN3O3S. The maximum atomic E-state index is 11.5. The van der Waals surface area contributed by atoms with E-state index < -0.39 is 16.2 Å². The van der Waals surface area contributed by atoms with Crippen LogP contribution in [0, 0.1) is 6.92 Å². The van der Waals surface area contributed by atoms with Gasteiger partial charge in [0, 0.05) is 22.5 Å². The molecule has 1 aliphatic rings. The number of hydrogen-bond acceptors (Lipinski definition) is 3. The van der Waals surface area contributed by atoms with Crippen LogP contribution in [0.3, 0.4) is 0 Å². The van der Waals surface area contributed by atoms with Crippen LogP contribution < -0.4 is 0 Å². The second kappa shape index (κ2) is 5.59. The van der Waals surface area contributed by atoms with Crippen molar-refractivity contribution in [2.75, 3.05) is 5.75 Å². The lowest BCUT2D eigenvalue weighted by Gasteiger charge is -2.27. The molecule has 2 aromatic heterocycles. The van der Waals surface area contributed by atoms with Gasteiger partial charge >= 0.3 is 0 Å². The fraction of sp³-hybridized carbons (Fsp3) is 0.353. The van der Waals surface area contributed by atoms with Gasteiger partial charge in [-0.15, -0.1) is 0 Å². The molecule has 0 radical (unpaired) electrons. The average molecular weight is 380 g/mol. The van der Waals surface area contributed by atoms with Crippen molar-refractivity contribution < 1.29 is 13.0 Å². The molecule has 3 heterocycles. The van der Waals surface area contributed by atoms with E-state index >= 15 is 0 Å². The predicted octanol–water partition coefficient (Wildman–Crippen LogP) is 3.47. The highest BCUT2D eigenvalue weighted by Crippen LogP contribution is 2.42. The van der Waals surface area contributed by atoms with Crippen molar-refractivity contribution in [1.82, 2.24) is 14.1 Å². The van der Waals surface area contributed by atoms with E-state index in [9.17, 15) is 13.0 Å². The van der Waals surface area contributed by atoms with Gasteiger partial charge in [0.25, 0.3) is 10.1 Å². The first-order chi connectivity index (χ1) is 11.8. The topological polar surface area (TPSA) is 77.1 Å². The predicted molar refractivity (Wildman–Crippen MR) is 97.7 cm³/mol. The molecule has 132 valence electrons. The van der Waals surface area contributed by atoms with Crippen molar-refractivity contribution in [3.05, 3.63) is 40.8 Å². The normalized spacial score (nSPS) is 16.9. The summed E-state index contributed by atoms with van der Waals surface area (Å²) < 4.78 is 36.6. The number of rotatable bonds is 3. The Morgan fingerprint density at radius 1 is 1.40 bits per heavy atom. The Hall–Kier alpha value is -1.83. The molecule has 0 bridgehead atoms. The lowest BCUT2D eigenvalue weighted by molar-refractivity contribution is 0.452. The van der Waals surface area contributed by atoms with E-state index in [4.69, 9.17) is 11.6 Å². The molecule has 0 aliphatic carbocycles. The summed E-state index contributed by atoms with van der Waals surface area (Å²) in [6.45, 7) is 4.70. The Bertz CT molecular complexity index is 1100. The number of nitrogens with zero attached hydrogens (tertiary/aromatic N) is 3. The maximum Gasteiger partial charge on any atom is 0.266 e. The van der Waals surface area contributed by atoms with Gasteiger partial charge in [0.05, 0.1) is 29.4 Å². The van der Waals surface area contributed by atoms with Crippen LogP contribution in [0.5, 0.6) is 0 Å². The molecule has 0 amide bonds. The summed E-state index contributed by atoms with van der Waals surface area (Å²) >= 11 is 6.20. The number of hydrogen-bond donors (Lipinski definition) is 1. The van der Waals surface area contributed by atoms with E-state index in [0.717, 1.165) is 40.2 Å². The molecule has 8 heteroatoms. The highest BCUT2D eigenvalue weighted by atomic mass is 35.5. The molecule has 6 nitrogen and oxygen atoms in total. The minimum absolute atomic E-state index is 0.337. The minimum atomic E-state index is -4.11. The summed E-state index contributed by atoms with van der Waals surface area (Å²) in [4.78, 5) is 4.39. The molecule has 0 saturated heterocycles. The third-order valence-electron chi connectivity index (χ3n) is 4.88. The van der Waals surface area contributed by atoms with E-state index in [1.54, 1.807) is 6.20 Å². The van der Waals surface area contributed by atoms with Crippen LogP contribution in [0.1, 0.15) is 24.4 Å². The zero-order chi connectivity index (χ0) is 17.9. The largest absolute Gasteiger partial charge is 0.339 e. The zero-order valence-electron chi connectivity index (χ0n) is 13.9. The molecule has 3 aromatic rings. The van der Waals surface area contributed by atoms with Crippen molar-refractivity contribution >= 4 is 32.6 Å². The number of benzene rings is 1. The zero-order valence-corrected chi connectivity index (χ0v) is 15.5. The summed E-state index contributed by atoms with van der Waals surface area (Å²) in [5.41, 5.74) is 4.05. The van der Waals surface area contributed by atoms with E-state index in [-0.39, 0.29) is 5.75 Å². The Balaban J connectivity index is 2.04. The number of fused-ring (bicyclic) bond motifs is 5. The summed E-state index contributed by atoms with van der Waals surface area (Å²) in [6, 6.07) is 5.38. The summed E-state index contributed by atoms with van der Waals surface area (Å²) in [5.74, 6) is 0.399. The average Bonchev–Trinajstić information content (AvgIpc) is 3.04. The van der Waals surface area contributed by atoms with Crippen molar-refractivity contribution in [2.24, 2.45) is 0 Å². The molecule has 1 unspecified atom stereocenters. The van der Waals surface area contributed by atoms with Crippen molar-refractivity contribution in [3.8, 4) is 11.4 Å². The number of imidazole rings is 1. The first kappa shape index (κ1) is 16.6. The monoisotopic (exact) mass is 379 g/mol. The second-order valence-electron chi connectivity index (χ2n) is 6.40. The van der Waals surface area contributed by atoms with Gasteiger partial charge in [-0.3, -0.25) is 4.55 Å². The van der Waals surface area contributed by atoms with E-state index in [1.807, 2.05) is 29.7 Å². The Morgan fingerprint density at radius 2 is 2.16 bits per heavy atom. The molecule has 1 atom stereocenters. The summed E-state index contributed by atoms with van der Waals surface area (Å²) in [6.07, 6.45) is 2.28. The lowest BCUT2D eigenvalue weighted by Crippen LogP contribution is -2.26. The lowest BCUT2D eigenvalue weighted by atomic mass is 9.98. The molecule has 1 aromatic carbocycles. The molecule has 0 spiro atoms. The standard InChI is InChI=1S/C17H18ClN3O3S/c1-3-20-15-5-4-11(18)6-13(15)14-7-12(9-25(22,23)24)21-10(2)19-8-16(21)17(14)20/h4-6,8,12H,3,7,9H2,1-2H3,(H,22,23,24). The van der Waals surface area contributed by atoms with Gasteiger partial charge in [-0.2, -0.15) is 8.42 Å². The van der Waals surface area contributed by atoms with Gasteiger partial charge in [0.15, 0.2) is 0 Å². The van der Waals surface area contributed by atoms with Gasteiger partial charge in [0.2, 0.25) is 0 Å². The second-order valence-corrected chi connectivity index (χ2v) is 8.33. The van der Waals surface area contributed by atoms with Crippen LogP contribution in [0.2, 0.25) is 5.02 Å². The number of aromatic nitrogens is 3. The first-order valence-electron chi connectivity index (χ1n) is 8.10. The van der Waals surface area contributed by atoms with Crippen LogP contribution in [-0.2, 0) is 23.1 Å². The highest BCUT2D eigenvalue weighted by Gasteiger charge is 2.33. The van der Waals surface area contributed by atoms with E-state index in [0.29, 0.717) is 11.4 Å². The van der Waals surface area contributed by atoms with E-state index in [2.05, 4.69) is 16.5 Å². The molecule has 1 N–H and O–H groups in total. The van der Waals surface area contributed by atoms with Crippen LogP contribution >= 0.6 is 11.6 Å². The Morgan fingerprint density at radius 3 is 2.84 bits per heavy atom. The summed E-state index contributed by atoms with van der Waals surface area (Å²) in [5, 5.41) is 1.67. The molecule has 1 aliphatic heterocycles. The molecule has 0 saturated carbocycles. The maximum absolute atomic E-state index is 11.5. The Kier molecular flexibility index (Phi) is 3.72. The molecule has 4 rings (SSSR count). The fourth-order valence-corrected chi connectivity index (χ4v) is 4.94. The third-order valence-corrected chi connectivity index (χ3v) is 5.92. The van der Waals surface area contributed by atoms with Gasteiger partial charge in [-0.25, -0.2) is 4.98 Å². The quantitative estimate of drug-likeness (QED) is 0.707. The Labute approximate surface area is 150 Å². The third kappa shape index (κ3) is 2.58. The first-order valence-corrected chi connectivity index (χ1v) is 10.1. The number of halogens is 1. The van der Waals surface area contributed by atoms with Gasteiger partial charge < -0.3 is 9.13 Å². The van der Waals surface area contributed by atoms with Crippen molar-refractivity contribution in [1.29, 1.82) is 0 Å². The van der Waals surface area contributed by atoms with Crippen molar-refractivity contribution in [3.63, 3.8) is 0 Å². The SMILES string of the molecule is CCn1c2c(c3cc(Cl)ccc31)CC(CS(=O)(=O)O)n1c-2cnc1C. The van der Waals surface area contributed by atoms with Crippen LogP contribution in [-0.4, -0.2) is 32.8 Å². The molecular weight excluding hydrogens is 362 g/mol.